The Hall–Kier alpha value is -2.04. The van der Waals surface area contributed by atoms with Crippen LogP contribution < -0.4 is 4.74 Å². The van der Waals surface area contributed by atoms with E-state index in [0.717, 1.165) is 40.3 Å². The summed E-state index contributed by atoms with van der Waals surface area (Å²) in [5.74, 6) is 2.43. The van der Waals surface area contributed by atoms with Crippen molar-refractivity contribution in [2.75, 3.05) is 12.9 Å². The standard InChI is InChI=1S/C19H15ClN2OS/c1-23-13-8-6-12(7-9-13)19-21-17-14-4-2-3-5-16(14)24-11-10-15(17)18(20)22-19/h2-9H,10-11H2,1H3. The van der Waals surface area contributed by atoms with Crippen molar-refractivity contribution in [1.82, 2.24) is 9.97 Å². The minimum atomic E-state index is 0.545. The number of benzene rings is 2. The molecule has 1 aliphatic heterocycles. The fourth-order valence-corrected chi connectivity index (χ4v) is 4.11. The molecule has 24 heavy (non-hydrogen) atoms. The highest BCUT2D eigenvalue weighted by atomic mass is 35.5. The molecule has 0 saturated carbocycles. The maximum atomic E-state index is 6.51. The summed E-state index contributed by atoms with van der Waals surface area (Å²) < 4.78 is 5.21. The quantitative estimate of drug-likeness (QED) is 0.598. The van der Waals surface area contributed by atoms with Gasteiger partial charge in [-0.15, -0.1) is 11.8 Å². The second-order valence-electron chi connectivity index (χ2n) is 5.49. The molecule has 5 heteroatoms. The van der Waals surface area contributed by atoms with E-state index in [1.54, 1.807) is 7.11 Å². The molecule has 3 nitrogen and oxygen atoms in total. The third-order valence-electron chi connectivity index (χ3n) is 4.06. The average Bonchev–Trinajstić information content (AvgIpc) is 2.82. The molecule has 1 aromatic heterocycles. The topological polar surface area (TPSA) is 35.0 Å². The summed E-state index contributed by atoms with van der Waals surface area (Å²) in [6.07, 6.45) is 0.871. The molecule has 1 aliphatic rings. The van der Waals surface area contributed by atoms with E-state index < -0.39 is 0 Å². The Labute approximate surface area is 150 Å². The highest BCUT2D eigenvalue weighted by Crippen LogP contribution is 2.39. The molecule has 0 fully saturated rings. The minimum absolute atomic E-state index is 0.545. The van der Waals surface area contributed by atoms with E-state index in [9.17, 15) is 0 Å². The Balaban J connectivity index is 1.89. The van der Waals surface area contributed by atoms with Crippen molar-refractivity contribution in [2.45, 2.75) is 11.3 Å². The van der Waals surface area contributed by atoms with Gasteiger partial charge in [0.15, 0.2) is 5.82 Å². The second kappa shape index (κ2) is 6.46. The Kier molecular flexibility index (Phi) is 4.17. The van der Waals surface area contributed by atoms with Gasteiger partial charge in [-0.1, -0.05) is 29.8 Å². The third-order valence-corrected chi connectivity index (χ3v) is 5.44. The first-order chi connectivity index (χ1) is 11.8. The number of halogens is 1. The fraction of sp³-hybridized carbons (Fsp3) is 0.158. The zero-order valence-electron chi connectivity index (χ0n) is 13.1. The first-order valence-corrected chi connectivity index (χ1v) is 9.05. The van der Waals surface area contributed by atoms with Crippen molar-refractivity contribution in [3.8, 4) is 28.4 Å². The molecule has 0 atom stereocenters. The van der Waals surface area contributed by atoms with Crippen molar-refractivity contribution >= 4 is 23.4 Å². The Morgan fingerprint density at radius 2 is 1.83 bits per heavy atom. The number of hydrogen-bond acceptors (Lipinski definition) is 4. The molecule has 0 radical (unpaired) electrons. The molecule has 0 spiro atoms. The van der Waals surface area contributed by atoms with Crippen LogP contribution in [0.25, 0.3) is 22.6 Å². The zero-order chi connectivity index (χ0) is 16.5. The number of nitrogens with zero attached hydrogens (tertiary/aromatic N) is 2. The molecule has 2 aromatic carbocycles. The lowest BCUT2D eigenvalue weighted by Crippen LogP contribution is -2.00. The van der Waals surface area contributed by atoms with E-state index in [2.05, 4.69) is 23.2 Å². The monoisotopic (exact) mass is 354 g/mol. The summed E-state index contributed by atoms with van der Waals surface area (Å²) in [7, 11) is 1.65. The summed E-state index contributed by atoms with van der Waals surface area (Å²) in [4.78, 5) is 10.6. The van der Waals surface area contributed by atoms with Gasteiger partial charge in [0.2, 0.25) is 0 Å². The Morgan fingerprint density at radius 1 is 1.04 bits per heavy atom. The predicted molar refractivity (Wildman–Crippen MR) is 98.9 cm³/mol. The zero-order valence-corrected chi connectivity index (χ0v) is 14.7. The average molecular weight is 355 g/mol. The van der Waals surface area contributed by atoms with Crippen molar-refractivity contribution in [3.63, 3.8) is 0 Å². The largest absolute Gasteiger partial charge is 0.497 e. The van der Waals surface area contributed by atoms with E-state index in [1.165, 1.54) is 4.90 Å². The minimum Gasteiger partial charge on any atom is -0.497 e. The normalized spacial score (nSPS) is 12.9. The lowest BCUT2D eigenvalue weighted by Gasteiger charge is -2.11. The molecule has 0 amide bonds. The van der Waals surface area contributed by atoms with Gasteiger partial charge >= 0.3 is 0 Å². The van der Waals surface area contributed by atoms with E-state index in [4.69, 9.17) is 21.3 Å². The van der Waals surface area contributed by atoms with Gasteiger partial charge in [0, 0.05) is 27.3 Å². The van der Waals surface area contributed by atoms with Crippen LogP contribution in [0.2, 0.25) is 5.15 Å². The molecular weight excluding hydrogens is 340 g/mol. The number of aromatic nitrogens is 2. The van der Waals surface area contributed by atoms with Crippen molar-refractivity contribution in [2.24, 2.45) is 0 Å². The number of ether oxygens (including phenoxy) is 1. The van der Waals surface area contributed by atoms with Crippen LogP contribution in [0.15, 0.2) is 53.4 Å². The van der Waals surface area contributed by atoms with Crippen LogP contribution in [0.3, 0.4) is 0 Å². The van der Waals surface area contributed by atoms with Crippen LogP contribution in [0.4, 0.5) is 0 Å². The number of fused-ring (bicyclic) bond motifs is 3. The van der Waals surface area contributed by atoms with Crippen molar-refractivity contribution in [1.29, 1.82) is 0 Å². The fourth-order valence-electron chi connectivity index (χ4n) is 2.82. The second-order valence-corrected chi connectivity index (χ2v) is 6.98. The number of thioether (sulfide) groups is 1. The molecule has 0 aliphatic carbocycles. The summed E-state index contributed by atoms with van der Waals surface area (Å²) in [6, 6.07) is 16.1. The van der Waals surface area contributed by atoms with E-state index in [0.29, 0.717) is 11.0 Å². The number of hydrogen-bond donors (Lipinski definition) is 0. The SMILES string of the molecule is COc1ccc(-c2nc(Cl)c3c(n2)-c2ccccc2SCC3)cc1. The molecule has 0 unspecified atom stereocenters. The van der Waals surface area contributed by atoms with E-state index >= 15 is 0 Å². The van der Waals surface area contributed by atoms with Gasteiger partial charge in [0.25, 0.3) is 0 Å². The molecule has 3 aromatic rings. The van der Waals surface area contributed by atoms with Crippen LogP contribution >= 0.6 is 23.4 Å². The van der Waals surface area contributed by atoms with Gasteiger partial charge < -0.3 is 4.74 Å². The lowest BCUT2D eigenvalue weighted by atomic mass is 10.0. The van der Waals surface area contributed by atoms with E-state index in [1.807, 2.05) is 42.1 Å². The van der Waals surface area contributed by atoms with Gasteiger partial charge in [-0.25, -0.2) is 9.97 Å². The summed E-state index contributed by atoms with van der Waals surface area (Å²) >= 11 is 8.35. The number of rotatable bonds is 2. The van der Waals surface area contributed by atoms with Crippen LogP contribution in [0.5, 0.6) is 5.75 Å². The first kappa shape index (κ1) is 15.5. The molecule has 4 rings (SSSR count). The van der Waals surface area contributed by atoms with Crippen LogP contribution in [0.1, 0.15) is 5.56 Å². The third kappa shape index (κ3) is 2.76. The van der Waals surface area contributed by atoms with Gasteiger partial charge in [-0.2, -0.15) is 0 Å². The van der Waals surface area contributed by atoms with Crippen molar-refractivity contribution in [3.05, 3.63) is 59.2 Å². The van der Waals surface area contributed by atoms with Gasteiger partial charge in [-0.3, -0.25) is 0 Å². The predicted octanol–water partition coefficient (Wildman–Crippen LogP) is 5.12. The molecule has 0 N–H and O–H groups in total. The highest BCUT2D eigenvalue weighted by molar-refractivity contribution is 7.99. The first-order valence-electron chi connectivity index (χ1n) is 7.69. The number of methoxy groups -OCH3 is 1. The van der Waals surface area contributed by atoms with Gasteiger partial charge in [0.1, 0.15) is 10.9 Å². The molecular formula is C19H15ClN2OS. The van der Waals surface area contributed by atoms with Crippen LogP contribution in [-0.2, 0) is 6.42 Å². The maximum Gasteiger partial charge on any atom is 0.161 e. The molecule has 2 heterocycles. The van der Waals surface area contributed by atoms with Crippen LogP contribution in [0, 0.1) is 0 Å². The molecule has 0 bridgehead atoms. The van der Waals surface area contributed by atoms with Crippen molar-refractivity contribution < 1.29 is 4.74 Å². The smallest absolute Gasteiger partial charge is 0.161 e. The summed E-state index contributed by atoms with van der Waals surface area (Å²) in [6.45, 7) is 0. The molecule has 120 valence electrons. The Morgan fingerprint density at radius 3 is 2.62 bits per heavy atom. The Bertz CT molecular complexity index is 896. The molecule has 0 saturated heterocycles. The van der Waals surface area contributed by atoms with Gasteiger partial charge in [0.05, 0.1) is 12.8 Å². The summed E-state index contributed by atoms with van der Waals surface area (Å²) in [5.41, 5.74) is 4.04. The van der Waals surface area contributed by atoms with Gasteiger partial charge in [-0.05, 0) is 36.8 Å². The van der Waals surface area contributed by atoms with E-state index in [-0.39, 0.29) is 0 Å². The summed E-state index contributed by atoms with van der Waals surface area (Å²) in [5, 5.41) is 0.545. The van der Waals surface area contributed by atoms with Crippen LogP contribution in [-0.4, -0.2) is 22.8 Å². The highest BCUT2D eigenvalue weighted by Gasteiger charge is 2.20. The maximum absolute atomic E-state index is 6.51. The lowest BCUT2D eigenvalue weighted by molar-refractivity contribution is 0.415.